The molecule has 0 aromatic heterocycles. The van der Waals surface area contributed by atoms with Gasteiger partial charge in [-0.25, -0.2) is 0 Å². The summed E-state index contributed by atoms with van der Waals surface area (Å²) < 4.78 is 0. The van der Waals surface area contributed by atoms with Crippen LogP contribution in [0.25, 0.3) is 0 Å². The second-order valence-electron chi connectivity index (χ2n) is 3.15. The molecule has 0 aliphatic rings. The summed E-state index contributed by atoms with van der Waals surface area (Å²) in [6, 6.07) is 1.00. The van der Waals surface area contributed by atoms with Crippen molar-refractivity contribution in [2.75, 3.05) is 19.7 Å². The van der Waals surface area contributed by atoms with Crippen LogP contribution >= 0.6 is 0 Å². The van der Waals surface area contributed by atoms with Crippen molar-refractivity contribution in [3.05, 3.63) is 0 Å². The van der Waals surface area contributed by atoms with E-state index in [0.717, 1.165) is 6.54 Å². The molecule has 3 N–H and O–H groups in total. The lowest BCUT2D eigenvalue weighted by Gasteiger charge is -2.16. The van der Waals surface area contributed by atoms with Gasteiger partial charge >= 0.3 is 0 Å². The van der Waals surface area contributed by atoms with E-state index in [2.05, 4.69) is 31.4 Å². The number of rotatable bonds is 6. The zero-order valence-corrected chi connectivity index (χ0v) is 7.72. The van der Waals surface area contributed by atoms with Gasteiger partial charge in [0.05, 0.1) is 6.61 Å². The lowest BCUT2D eigenvalue weighted by Crippen LogP contribution is -2.40. The van der Waals surface area contributed by atoms with Gasteiger partial charge in [0.1, 0.15) is 0 Å². The summed E-state index contributed by atoms with van der Waals surface area (Å²) in [6.45, 7) is 8.20. The standard InChI is InChI=1S/C8H20N2O/c1-7(2)10-8(3)6-9-4-5-11/h7-11H,4-6H2,1-3H3/t8-/m0/s1. The van der Waals surface area contributed by atoms with Gasteiger partial charge in [-0.05, 0) is 6.92 Å². The largest absolute Gasteiger partial charge is 0.395 e. The summed E-state index contributed by atoms with van der Waals surface area (Å²) >= 11 is 0. The first kappa shape index (κ1) is 10.9. The van der Waals surface area contributed by atoms with E-state index < -0.39 is 0 Å². The molecule has 0 aliphatic heterocycles. The van der Waals surface area contributed by atoms with Gasteiger partial charge in [-0.3, -0.25) is 0 Å². The van der Waals surface area contributed by atoms with Crippen LogP contribution in [0.2, 0.25) is 0 Å². The molecule has 11 heavy (non-hydrogen) atoms. The maximum absolute atomic E-state index is 8.48. The van der Waals surface area contributed by atoms with E-state index in [4.69, 9.17) is 5.11 Å². The molecule has 0 saturated carbocycles. The fourth-order valence-electron chi connectivity index (χ4n) is 1.03. The fourth-order valence-corrected chi connectivity index (χ4v) is 1.03. The highest BCUT2D eigenvalue weighted by atomic mass is 16.3. The minimum Gasteiger partial charge on any atom is -0.395 e. The van der Waals surface area contributed by atoms with Crippen LogP contribution < -0.4 is 10.6 Å². The van der Waals surface area contributed by atoms with Crippen molar-refractivity contribution in [3.63, 3.8) is 0 Å². The predicted octanol–water partition coefficient (Wildman–Crippen LogP) is -0.0452. The van der Waals surface area contributed by atoms with Gasteiger partial charge in [-0.2, -0.15) is 0 Å². The molecule has 3 nitrogen and oxygen atoms in total. The van der Waals surface area contributed by atoms with Gasteiger partial charge in [0.15, 0.2) is 0 Å². The Morgan fingerprint density at radius 3 is 2.36 bits per heavy atom. The van der Waals surface area contributed by atoms with Gasteiger partial charge in [0.25, 0.3) is 0 Å². The van der Waals surface area contributed by atoms with Crippen molar-refractivity contribution in [1.29, 1.82) is 0 Å². The summed E-state index contributed by atoms with van der Waals surface area (Å²) in [5.41, 5.74) is 0. The highest BCUT2D eigenvalue weighted by Crippen LogP contribution is 1.83. The third-order valence-electron chi connectivity index (χ3n) is 1.36. The number of aliphatic hydroxyl groups is 1. The molecule has 1 atom stereocenters. The maximum atomic E-state index is 8.48. The molecular weight excluding hydrogens is 140 g/mol. The fraction of sp³-hybridized carbons (Fsp3) is 1.00. The van der Waals surface area contributed by atoms with Crippen molar-refractivity contribution in [2.45, 2.75) is 32.9 Å². The summed E-state index contributed by atoms with van der Waals surface area (Å²) in [7, 11) is 0. The lowest BCUT2D eigenvalue weighted by atomic mass is 10.3. The van der Waals surface area contributed by atoms with Crippen molar-refractivity contribution in [2.24, 2.45) is 0 Å². The van der Waals surface area contributed by atoms with Crippen molar-refractivity contribution < 1.29 is 5.11 Å². The SMILES string of the molecule is CC(C)N[C@@H](C)CNCCO. The van der Waals surface area contributed by atoms with Crippen LogP contribution in [-0.4, -0.2) is 36.9 Å². The van der Waals surface area contributed by atoms with Crippen LogP contribution in [0.5, 0.6) is 0 Å². The monoisotopic (exact) mass is 160 g/mol. The summed E-state index contributed by atoms with van der Waals surface area (Å²) in [5, 5.41) is 15.0. The van der Waals surface area contributed by atoms with E-state index in [1.807, 2.05) is 0 Å². The average molecular weight is 160 g/mol. The molecule has 0 fully saturated rings. The first-order valence-corrected chi connectivity index (χ1v) is 4.24. The van der Waals surface area contributed by atoms with Crippen molar-refractivity contribution >= 4 is 0 Å². The molecule has 0 aliphatic carbocycles. The summed E-state index contributed by atoms with van der Waals surface area (Å²) in [5.74, 6) is 0. The van der Waals surface area contributed by atoms with Crippen LogP contribution in [0.4, 0.5) is 0 Å². The lowest BCUT2D eigenvalue weighted by molar-refractivity contribution is 0.289. The van der Waals surface area contributed by atoms with Gasteiger partial charge in [-0.15, -0.1) is 0 Å². The van der Waals surface area contributed by atoms with Crippen LogP contribution in [0.1, 0.15) is 20.8 Å². The topological polar surface area (TPSA) is 44.3 Å². The van der Waals surface area contributed by atoms with E-state index >= 15 is 0 Å². The Hall–Kier alpha value is -0.120. The number of aliphatic hydroxyl groups excluding tert-OH is 1. The summed E-state index contributed by atoms with van der Waals surface area (Å²) in [6.07, 6.45) is 0. The first-order chi connectivity index (χ1) is 5.16. The zero-order valence-electron chi connectivity index (χ0n) is 7.72. The first-order valence-electron chi connectivity index (χ1n) is 4.24. The third kappa shape index (κ3) is 7.78. The Balaban J connectivity index is 3.15. The predicted molar refractivity (Wildman–Crippen MR) is 47.7 cm³/mol. The average Bonchev–Trinajstić information content (AvgIpc) is 1.86. The molecule has 0 bridgehead atoms. The molecule has 0 amide bonds. The van der Waals surface area contributed by atoms with Crippen LogP contribution in [0, 0.1) is 0 Å². The molecule has 0 aromatic rings. The van der Waals surface area contributed by atoms with Crippen molar-refractivity contribution in [3.8, 4) is 0 Å². The molecule has 3 heteroatoms. The Morgan fingerprint density at radius 2 is 1.91 bits per heavy atom. The summed E-state index contributed by atoms with van der Waals surface area (Å²) in [4.78, 5) is 0. The van der Waals surface area contributed by atoms with Gasteiger partial charge in [0, 0.05) is 25.2 Å². The van der Waals surface area contributed by atoms with E-state index in [0.29, 0.717) is 18.6 Å². The maximum Gasteiger partial charge on any atom is 0.0555 e. The number of hydrogen-bond donors (Lipinski definition) is 3. The van der Waals surface area contributed by atoms with Crippen LogP contribution in [0.15, 0.2) is 0 Å². The van der Waals surface area contributed by atoms with E-state index in [1.54, 1.807) is 0 Å². The second-order valence-corrected chi connectivity index (χ2v) is 3.15. The molecule has 68 valence electrons. The van der Waals surface area contributed by atoms with Crippen LogP contribution in [-0.2, 0) is 0 Å². The van der Waals surface area contributed by atoms with Gasteiger partial charge in [-0.1, -0.05) is 13.8 Å². The molecule has 0 heterocycles. The normalized spacial score (nSPS) is 13.9. The molecular formula is C8H20N2O. The highest BCUT2D eigenvalue weighted by molar-refractivity contribution is 4.65. The van der Waals surface area contributed by atoms with E-state index in [1.165, 1.54) is 0 Å². The van der Waals surface area contributed by atoms with Crippen LogP contribution in [0.3, 0.4) is 0 Å². The second kappa shape index (κ2) is 6.58. The van der Waals surface area contributed by atoms with E-state index in [9.17, 15) is 0 Å². The highest BCUT2D eigenvalue weighted by Gasteiger charge is 2.00. The third-order valence-corrected chi connectivity index (χ3v) is 1.36. The Bertz CT molecular complexity index is 86.2. The smallest absolute Gasteiger partial charge is 0.0555 e. The molecule has 0 saturated heterocycles. The Morgan fingerprint density at radius 1 is 1.27 bits per heavy atom. The zero-order chi connectivity index (χ0) is 8.69. The van der Waals surface area contributed by atoms with Gasteiger partial charge in [0.2, 0.25) is 0 Å². The quantitative estimate of drug-likeness (QED) is 0.478. The number of hydrogen-bond acceptors (Lipinski definition) is 3. The molecule has 0 radical (unpaired) electrons. The minimum atomic E-state index is 0.217. The molecule has 0 unspecified atom stereocenters. The van der Waals surface area contributed by atoms with E-state index in [-0.39, 0.29) is 6.61 Å². The van der Waals surface area contributed by atoms with Gasteiger partial charge < -0.3 is 15.7 Å². The molecule has 0 aromatic carbocycles. The Labute approximate surface area is 69.2 Å². The van der Waals surface area contributed by atoms with Crippen molar-refractivity contribution in [1.82, 2.24) is 10.6 Å². The minimum absolute atomic E-state index is 0.217. The number of nitrogens with one attached hydrogen (secondary N) is 2. The Kier molecular flexibility index (Phi) is 6.51. The molecule has 0 rings (SSSR count). The molecule has 0 spiro atoms.